The lowest BCUT2D eigenvalue weighted by Crippen LogP contribution is -2.55. The zero-order valence-electron chi connectivity index (χ0n) is 24.8. The molecular weight excluding hydrogens is 513 g/mol. The first-order valence-corrected chi connectivity index (χ1v) is 13.5. The van der Waals surface area contributed by atoms with E-state index in [4.69, 9.17) is 14.2 Å². The van der Waals surface area contributed by atoms with Crippen molar-refractivity contribution in [3.63, 3.8) is 0 Å². The molecular formula is C29H44BN3O7. The van der Waals surface area contributed by atoms with E-state index in [0.29, 0.717) is 29.6 Å². The van der Waals surface area contributed by atoms with Crippen LogP contribution in [0.4, 0.5) is 5.69 Å². The average Bonchev–Trinajstić information content (AvgIpc) is 2.91. The molecule has 0 heterocycles. The number of amides is 2. The van der Waals surface area contributed by atoms with E-state index in [9.17, 15) is 19.6 Å². The molecule has 0 radical (unpaired) electrons. The van der Waals surface area contributed by atoms with E-state index >= 15 is 0 Å². The lowest BCUT2D eigenvalue weighted by atomic mass is 9.75. The van der Waals surface area contributed by atoms with Gasteiger partial charge in [0.25, 0.3) is 0 Å². The van der Waals surface area contributed by atoms with Crippen LogP contribution in [-0.2, 0) is 16.0 Å². The van der Waals surface area contributed by atoms with Crippen LogP contribution in [0.2, 0.25) is 0 Å². The summed E-state index contributed by atoms with van der Waals surface area (Å²) in [6, 6.07) is 9.71. The molecule has 2 amide bonds. The molecule has 0 saturated heterocycles. The van der Waals surface area contributed by atoms with E-state index in [2.05, 4.69) is 29.8 Å². The van der Waals surface area contributed by atoms with E-state index in [-0.39, 0.29) is 12.3 Å². The van der Waals surface area contributed by atoms with Gasteiger partial charge in [0.15, 0.2) is 11.5 Å². The Kier molecular flexibility index (Phi) is 12.6. The highest BCUT2D eigenvalue weighted by molar-refractivity contribution is 6.43. The predicted molar refractivity (Wildman–Crippen MR) is 157 cm³/mol. The van der Waals surface area contributed by atoms with Crippen molar-refractivity contribution in [2.75, 3.05) is 26.6 Å². The Morgan fingerprint density at radius 2 is 1.50 bits per heavy atom. The number of hydrogen-bond donors (Lipinski definition) is 5. The van der Waals surface area contributed by atoms with Crippen LogP contribution in [-0.4, -0.2) is 68.3 Å². The summed E-state index contributed by atoms with van der Waals surface area (Å²) in [6.45, 7) is 9.57. The Labute approximate surface area is 237 Å². The summed E-state index contributed by atoms with van der Waals surface area (Å²) in [6.07, 6.45) is 0.621. The lowest BCUT2D eigenvalue weighted by Gasteiger charge is -2.25. The molecule has 2 aromatic carbocycles. The van der Waals surface area contributed by atoms with Gasteiger partial charge >= 0.3 is 7.12 Å². The topological polar surface area (TPSA) is 138 Å². The zero-order valence-corrected chi connectivity index (χ0v) is 24.8. The minimum Gasteiger partial charge on any atom is -0.493 e. The molecule has 10 nitrogen and oxygen atoms in total. The van der Waals surface area contributed by atoms with Gasteiger partial charge in [-0.1, -0.05) is 39.8 Å². The molecule has 0 aliphatic carbocycles. The summed E-state index contributed by atoms with van der Waals surface area (Å²) >= 11 is 0. The molecule has 2 rings (SSSR count). The first kappa shape index (κ1) is 32.8. The summed E-state index contributed by atoms with van der Waals surface area (Å²) in [5.41, 5.74) is 2.62. The van der Waals surface area contributed by atoms with Crippen LogP contribution in [0.1, 0.15) is 58.1 Å². The second-order valence-electron chi connectivity index (χ2n) is 10.6. The summed E-state index contributed by atoms with van der Waals surface area (Å²) in [5, 5.41) is 28.1. The van der Waals surface area contributed by atoms with Crippen molar-refractivity contribution >= 4 is 24.6 Å². The maximum absolute atomic E-state index is 13.6. The van der Waals surface area contributed by atoms with E-state index < -0.39 is 37.0 Å². The number of anilines is 1. The van der Waals surface area contributed by atoms with Gasteiger partial charge in [-0.2, -0.15) is 0 Å². The monoisotopic (exact) mass is 557 g/mol. The summed E-state index contributed by atoms with van der Waals surface area (Å²) in [7, 11) is 2.86. The van der Waals surface area contributed by atoms with Gasteiger partial charge in [0.2, 0.25) is 17.6 Å². The Bertz CT molecular complexity index is 1100. The van der Waals surface area contributed by atoms with Gasteiger partial charge in [-0.3, -0.25) is 9.59 Å². The standard InChI is InChI=1S/C29H44BN3O7/c1-17(2)12-26(30(36)37)33-28(34)19(5)31-29(35)23(32-22-11-9-10-21(16-22)18(3)4)13-20-14-24(38-6)27(40-8)25(15-20)39-7/h9-11,14-19,23,26,32,36-37H,12-13H2,1-8H3,(H,31,35)(H,33,34)/t19-,23-,26-/m0/s1. The van der Waals surface area contributed by atoms with E-state index in [1.807, 2.05) is 38.1 Å². The molecule has 0 saturated carbocycles. The molecule has 0 bridgehead atoms. The third-order valence-corrected chi connectivity index (χ3v) is 6.54. The summed E-state index contributed by atoms with van der Waals surface area (Å²) in [5.74, 6) is 0.0305. The Balaban J connectivity index is 2.33. The molecule has 0 aromatic heterocycles. The molecule has 40 heavy (non-hydrogen) atoms. The zero-order chi connectivity index (χ0) is 30.0. The minimum absolute atomic E-state index is 0.130. The molecule has 5 N–H and O–H groups in total. The van der Waals surface area contributed by atoms with Crippen molar-refractivity contribution < 1.29 is 33.8 Å². The molecule has 0 aliphatic heterocycles. The van der Waals surface area contributed by atoms with Crippen molar-refractivity contribution in [3.05, 3.63) is 47.5 Å². The van der Waals surface area contributed by atoms with Gasteiger partial charge in [-0.05, 0) is 60.6 Å². The van der Waals surface area contributed by atoms with Gasteiger partial charge < -0.3 is 40.2 Å². The van der Waals surface area contributed by atoms with Crippen LogP contribution in [0, 0.1) is 5.92 Å². The first-order valence-electron chi connectivity index (χ1n) is 13.5. The van der Waals surface area contributed by atoms with Gasteiger partial charge in [0.1, 0.15) is 12.1 Å². The molecule has 0 fully saturated rings. The van der Waals surface area contributed by atoms with Gasteiger partial charge in [0, 0.05) is 12.1 Å². The van der Waals surface area contributed by atoms with E-state index in [1.165, 1.54) is 21.3 Å². The predicted octanol–water partition coefficient (Wildman–Crippen LogP) is 2.91. The molecule has 0 unspecified atom stereocenters. The van der Waals surface area contributed by atoms with Crippen LogP contribution >= 0.6 is 0 Å². The summed E-state index contributed by atoms with van der Waals surface area (Å²) in [4.78, 5) is 26.4. The number of carbonyl (C=O) groups is 2. The number of methoxy groups -OCH3 is 3. The average molecular weight is 557 g/mol. The van der Waals surface area contributed by atoms with Crippen LogP contribution in [0.25, 0.3) is 0 Å². The quantitative estimate of drug-likeness (QED) is 0.211. The van der Waals surface area contributed by atoms with Crippen molar-refractivity contribution in [1.82, 2.24) is 10.6 Å². The highest BCUT2D eigenvalue weighted by Gasteiger charge is 2.30. The largest absolute Gasteiger partial charge is 0.493 e. The SMILES string of the molecule is COc1cc(C[C@H](Nc2cccc(C(C)C)c2)C(=O)N[C@@H](C)C(=O)N[C@@H](CC(C)C)B(O)O)cc(OC)c1OC. The van der Waals surface area contributed by atoms with Crippen LogP contribution in [0.3, 0.4) is 0 Å². The number of ether oxygens (including phenoxy) is 3. The number of rotatable bonds is 15. The molecule has 2 aromatic rings. The van der Waals surface area contributed by atoms with E-state index in [0.717, 1.165) is 16.8 Å². The van der Waals surface area contributed by atoms with Crippen LogP contribution in [0.5, 0.6) is 17.2 Å². The summed E-state index contributed by atoms with van der Waals surface area (Å²) < 4.78 is 16.4. The highest BCUT2D eigenvalue weighted by Crippen LogP contribution is 2.38. The minimum atomic E-state index is -1.71. The van der Waals surface area contributed by atoms with Gasteiger partial charge in [0.05, 0.1) is 27.3 Å². The Morgan fingerprint density at radius 1 is 0.875 bits per heavy atom. The van der Waals surface area contributed by atoms with Crippen molar-refractivity contribution in [1.29, 1.82) is 0 Å². The fraction of sp³-hybridized carbons (Fsp3) is 0.517. The Hall–Kier alpha value is -3.44. The number of benzene rings is 2. The second kappa shape index (κ2) is 15.4. The maximum atomic E-state index is 13.6. The molecule has 0 aliphatic rings. The smallest absolute Gasteiger partial charge is 0.475 e. The Morgan fingerprint density at radius 3 is 2.00 bits per heavy atom. The number of nitrogens with one attached hydrogen (secondary N) is 3. The van der Waals surface area contributed by atoms with Gasteiger partial charge in [-0.15, -0.1) is 0 Å². The molecule has 220 valence electrons. The van der Waals surface area contributed by atoms with Crippen LogP contribution < -0.4 is 30.2 Å². The third kappa shape index (κ3) is 9.34. The number of carbonyl (C=O) groups excluding carboxylic acids is 2. The van der Waals surface area contributed by atoms with Crippen LogP contribution in [0.15, 0.2) is 36.4 Å². The van der Waals surface area contributed by atoms with Crippen molar-refractivity contribution in [3.8, 4) is 17.2 Å². The highest BCUT2D eigenvalue weighted by atomic mass is 16.5. The van der Waals surface area contributed by atoms with Crippen molar-refractivity contribution in [2.45, 2.75) is 71.4 Å². The fourth-order valence-corrected chi connectivity index (χ4v) is 4.34. The van der Waals surface area contributed by atoms with Crippen molar-refractivity contribution in [2.24, 2.45) is 5.92 Å². The normalized spacial score (nSPS) is 13.3. The third-order valence-electron chi connectivity index (χ3n) is 6.54. The maximum Gasteiger partial charge on any atom is 0.475 e. The molecule has 3 atom stereocenters. The molecule has 11 heteroatoms. The van der Waals surface area contributed by atoms with E-state index in [1.54, 1.807) is 19.1 Å². The fourth-order valence-electron chi connectivity index (χ4n) is 4.34. The number of hydrogen-bond acceptors (Lipinski definition) is 8. The molecule has 0 spiro atoms. The van der Waals surface area contributed by atoms with Gasteiger partial charge in [-0.25, -0.2) is 0 Å². The first-order chi connectivity index (χ1) is 18.9. The lowest BCUT2D eigenvalue weighted by molar-refractivity contribution is -0.129. The second-order valence-corrected chi connectivity index (χ2v) is 10.6.